The minimum Gasteiger partial charge on any atom is -0.465 e. The average molecular weight is 230 g/mol. The molecular formula is C8H14N4O2S. The van der Waals surface area contributed by atoms with E-state index in [1.165, 1.54) is 11.8 Å². The van der Waals surface area contributed by atoms with E-state index >= 15 is 0 Å². The number of rotatable bonds is 5. The van der Waals surface area contributed by atoms with Crippen LogP contribution >= 0.6 is 11.8 Å². The largest absolute Gasteiger partial charge is 0.465 e. The van der Waals surface area contributed by atoms with Gasteiger partial charge in [0.2, 0.25) is 0 Å². The molecule has 1 atom stereocenters. The molecule has 1 aromatic rings. The van der Waals surface area contributed by atoms with Crippen molar-refractivity contribution in [3.63, 3.8) is 0 Å². The summed E-state index contributed by atoms with van der Waals surface area (Å²) in [7, 11) is 1.83. The van der Waals surface area contributed by atoms with E-state index in [0.29, 0.717) is 12.4 Å². The van der Waals surface area contributed by atoms with Gasteiger partial charge in [-0.05, 0) is 6.92 Å². The topological polar surface area (TPSA) is 83.0 Å². The van der Waals surface area contributed by atoms with E-state index in [0.717, 1.165) is 5.16 Å². The van der Waals surface area contributed by atoms with Gasteiger partial charge in [0, 0.05) is 12.8 Å². The predicted octanol–water partition coefficient (Wildman–Crippen LogP) is -0.202. The number of hydrogen-bond donors (Lipinski definition) is 1. The second-order valence-electron chi connectivity index (χ2n) is 2.89. The Morgan fingerprint density at radius 1 is 1.80 bits per heavy atom. The fraction of sp³-hybridized carbons (Fsp3) is 0.625. The van der Waals surface area contributed by atoms with Crippen molar-refractivity contribution in [3.8, 4) is 0 Å². The van der Waals surface area contributed by atoms with Gasteiger partial charge in [0.15, 0.2) is 5.16 Å². The molecular weight excluding hydrogens is 216 g/mol. The van der Waals surface area contributed by atoms with Crippen LogP contribution in [0.25, 0.3) is 0 Å². The molecule has 7 heteroatoms. The van der Waals surface area contributed by atoms with Crippen LogP contribution in [0.15, 0.2) is 11.5 Å². The van der Waals surface area contributed by atoms with E-state index in [-0.39, 0.29) is 5.97 Å². The highest BCUT2D eigenvalue weighted by atomic mass is 32.2. The molecule has 15 heavy (non-hydrogen) atoms. The minimum absolute atomic E-state index is 0.348. The van der Waals surface area contributed by atoms with Crippen LogP contribution < -0.4 is 5.73 Å². The lowest BCUT2D eigenvalue weighted by atomic mass is 10.4. The second kappa shape index (κ2) is 5.72. The van der Waals surface area contributed by atoms with Gasteiger partial charge in [-0.2, -0.15) is 0 Å². The van der Waals surface area contributed by atoms with Gasteiger partial charge in [0.1, 0.15) is 12.4 Å². The maximum Gasteiger partial charge on any atom is 0.323 e. The van der Waals surface area contributed by atoms with Crippen molar-refractivity contribution in [2.45, 2.75) is 18.1 Å². The molecule has 2 N–H and O–H groups in total. The molecule has 0 fully saturated rings. The Kier molecular flexibility index (Phi) is 4.57. The third kappa shape index (κ3) is 3.52. The van der Waals surface area contributed by atoms with Crippen molar-refractivity contribution in [3.05, 3.63) is 6.33 Å². The van der Waals surface area contributed by atoms with Crippen molar-refractivity contribution in [2.24, 2.45) is 12.8 Å². The zero-order valence-electron chi connectivity index (χ0n) is 8.71. The Morgan fingerprint density at radius 3 is 3.07 bits per heavy atom. The first kappa shape index (κ1) is 12.0. The quantitative estimate of drug-likeness (QED) is 0.557. The van der Waals surface area contributed by atoms with Crippen LogP contribution in [0.2, 0.25) is 0 Å². The van der Waals surface area contributed by atoms with Crippen molar-refractivity contribution >= 4 is 17.7 Å². The van der Waals surface area contributed by atoms with Gasteiger partial charge >= 0.3 is 5.97 Å². The lowest BCUT2D eigenvalue weighted by Gasteiger charge is -2.09. The molecule has 0 spiro atoms. The highest BCUT2D eigenvalue weighted by molar-refractivity contribution is 7.99. The summed E-state index contributed by atoms with van der Waals surface area (Å²) in [6, 6.07) is -0.619. The number of carbonyl (C=O) groups is 1. The smallest absolute Gasteiger partial charge is 0.323 e. The fourth-order valence-electron chi connectivity index (χ4n) is 0.885. The van der Waals surface area contributed by atoms with Crippen LogP contribution in [0.3, 0.4) is 0 Å². The number of carbonyl (C=O) groups excluding carboxylic acids is 1. The summed E-state index contributed by atoms with van der Waals surface area (Å²) in [6.45, 7) is 2.10. The first-order valence-electron chi connectivity index (χ1n) is 4.54. The molecule has 1 aromatic heterocycles. The van der Waals surface area contributed by atoms with Gasteiger partial charge in [-0.15, -0.1) is 10.2 Å². The van der Waals surface area contributed by atoms with Crippen LogP contribution in [0.5, 0.6) is 0 Å². The van der Waals surface area contributed by atoms with E-state index in [9.17, 15) is 4.79 Å². The first-order chi connectivity index (χ1) is 7.15. The van der Waals surface area contributed by atoms with E-state index in [1.54, 1.807) is 17.8 Å². The summed E-state index contributed by atoms with van der Waals surface area (Å²) in [4.78, 5) is 11.2. The molecule has 0 amide bonds. The first-order valence-corrected chi connectivity index (χ1v) is 5.52. The van der Waals surface area contributed by atoms with Crippen molar-refractivity contribution in [1.29, 1.82) is 0 Å². The summed E-state index contributed by atoms with van der Waals surface area (Å²) >= 11 is 1.38. The molecule has 0 aliphatic carbocycles. The summed E-state index contributed by atoms with van der Waals surface area (Å²) in [6.07, 6.45) is 1.60. The lowest BCUT2D eigenvalue weighted by Crippen LogP contribution is -2.34. The number of esters is 1. The summed E-state index contributed by atoms with van der Waals surface area (Å²) < 4.78 is 6.55. The number of aryl methyl sites for hydroxylation is 1. The monoisotopic (exact) mass is 230 g/mol. The fourth-order valence-corrected chi connectivity index (χ4v) is 1.71. The molecule has 0 aromatic carbocycles. The Morgan fingerprint density at radius 2 is 2.53 bits per heavy atom. The van der Waals surface area contributed by atoms with Crippen molar-refractivity contribution in [1.82, 2.24) is 14.8 Å². The number of ether oxygens (including phenoxy) is 1. The SMILES string of the molecule is CCOC(=O)C(N)CSc1nncn1C. The Hall–Kier alpha value is -1.08. The molecule has 0 saturated carbocycles. The number of thioether (sulfide) groups is 1. The van der Waals surface area contributed by atoms with Gasteiger partial charge in [-0.25, -0.2) is 0 Å². The van der Waals surface area contributed by atoms with Gasteiger partial charge in [0.25, 0.3) is 0 Å². The van der Waals surface area contributed by atoms with Gasteiger partial charge in [0.05, 0.1) is 6.61 Å². The third-order valence-electron chi connectivity index (χ3n) is 1.65. The second-order valence-corrected chi connectivity index (χ2v) is 3.88. The molecule has 0 saturated heterocycles. The van der Waals surface area contributed by atoms with Gasteiger partial charge in [-0.1, -0.05) is 11.8 Å². The zero-order chi connectivity index (χ0) is 11.3. The molecule has 84 valence electrons. The van der Waals surface area contributed by atoms with Gasteiger partial charge < -0.3 is 15.0 Å². The zero-order valence-corrected chi connectivity index (χ0v) is 9.53. The van der Waals surface area contributed by atoms with Crippen LogP contribution in [-0.4, -0.2) is 39.1 Å². The summed E-state index contributed by atoms with van der Waals surface area (Å²) in [5.74, 6) is 0.0536. The molecule has 0 aliphatic heterocycles. The van der Waals surface area contributed by atoms with E-state index in [4.69, 9.17) is 10.5 Å². The van der Waals surface area contributed by atoms with Crippen LogP contribution in [-0.2, 0) is 16.6 Å². The predicted molar refractivity (Wildman–Crippen MR) is 56.3 cm³/mol. The molecule has 6 nitrogen and oxygen atoms in total. The number of hydrogen-bond acceptors (Lipinski definition) is 6. The Labute approximate surface area is 92.2 Å². The minimum atomic E-state index is -0.619. The van der Waals surface area contributed by atoms with Gasteiger partial charge in [-0.3, -0.25) is 4.79 Å². The Bertz CT molecular complexity index is 328. The molecule has 0 radical (unpaired) electrons. The van der Waals surface area contributed by atoms with E-state index in [1.807, 2.05) is 7.05 Å². The normalized spacial score (nSPS) is 12.5. The van der Waals surface area contributed by atoms with Crippen LogP contribution in [0.1, 0.15) is 6.92 Å². The number of aromatic nitrogens is 3. The molecule has 1 unspecified atom stereocenters. The van der Waals surface area contributed by atoms with Crippen molar-refractivity contribution in [2.75, 3.05) is 12.4 Å². The highest BCUT2D eigenvalue weighted by Crippen LogP contribution is 2.14. The highest BCUT2D eigenvalue weighted by Gasteiger charge is 2.15. The number of nitrogens with zero attached hydrogens (tertiary/aromatic N) is 3. The van der Waals surface area contributed by atoms with E-state index < -0.39 is 6.04 Å². The molecule has 0 aliphatic rings. The van der Waals surface area contributed by atoms with Crippen LogP contribution in [0, 0.1) is 0 Å². The number of nitrogens with two attached hydrogens (primary N) is 1. The summed E-state index contributed by atoms with van der Waals surface area (Å²) in [5, 5.41) is 8.31. The average Bonchev–Trinajstić information content (AvgIpc) is 2.61. The molecule has 0 bridgehead atoms. The summed E-state index contributed by atoms with van der Waals surface area (Å²) in [5.41, 5.74) is 5.62. The standard InChI is InChI=1S/C8H14N4O2S/c1-3-14-7(13)6(9)4-15-8-11-10-5-12(8)2/h5-6H,3-4,9H2,1-2H3. The maximum atomic E-state index is 11.2. The molecule has 1 rings (SSSR count). The van der Waals surface area contributed by atoms with E-state index in [2.05, 4.69) is 10.2 Å². The molecule has 1 heterocycles. The third-order valence-corrected chi connectivity index (χ3v) is 2.80. The van der Waals surface area contributed by atoms with Crippen molar-refractivity contribution < 1.29 is 9.53 Å². The Balaban J connectivity index is 2.37. The lowest BCUT2D eigenvalue weighted by molar-refractivity contribution is -0.144. The maximum absolute atomic E-state index is 11.2. The van der Waals surface area contributed by atoms with Crippen LogP contribution in [0.4, 0.5) is 0 Å².